The maximum absolute atomic E-state index is 11.9. The average Bonchev–Trinajstić information content (AvgIpc) is 2.32. The molecule has 114 valence electrons. The third kappa shape index (κ3) is 6.01. The lowest BCUT2D eigenvalue weighted by Crippen LogP contribution is -2.17. The largest absolute Gasteiger partial charge is 0.491 e. The second kappa shape index (κ2) is 7.74. The molecule has 0 aliphatic rings. The molecule has 1 aromatic carbocycles. The summed E-state index contributed by atoms with van der Waals surface area (Å²) in [5.41, 5.74) is 1.43. The van der Waals surface area contributed by atoms with Crippen LogP contribution in [0.5, 0.6) is 5.75 Å². The van der Waals surface area contributed by atoms with E-state index in [9.17, 15) is 8.42 Å². The molecule has 1 N–H and O–H groups in total. The number of rotatable bonds is 8. The van der Waals surface area contributed by atoms with Gasteiger partial charge in [-0.25, -0.2) is 8.42 Å². The van der Waals surface area contributed by atoms with Gasteiger partial charge in [0.2, 0.25) is 10.0 Å². The van der Waals surface area contributed by atoms with Gasteiger partial charge in [0, 0.05) is 5.88 Å². The van der Waals surface area contributed by atoms with Crippen molar-refractivity contribution < 1.29 is 13.2 Å². The molecule has 20 heavy (non-hydrogen) atoms. The van der Waals surface area contributed by atoms with Gasteiger partial charge in [0.15, 0.2) is 0 Å². The van der Waals surface area contributed by atoms with Crippen molar-refractivity contribution in [1.29, 1.82) is 0 Å². The molecular weight excluding hydrogens is 298 g/mol. The average molecular weight is 320 g/mol. The number of halogens is 1. The van der Waals surface area contributed by atoms with Crippen LogP contribution in [0.1, 0.15) is 32.3 Å². The van der Waals surface area contributed by atoms with Gasteiger partial charge in [-0.3, -0.25) is 4.72 Å². The number of unbranched alkanes of at least 4 members (excludes halogenated alkanes) is 1. The Balaban J connectivity index is 2.73. The molecule has 0 spiro atoms. The quantitative estimate of drug-likeness (QED) is 0.589. The maximum Gasteiger partial charge on any atom is 0.232 e. The number of hydrogen-bond donors (Lipinski definition) is 1. The van der Waals surface area contributed by atoms with E-state index in [0.717, 1.165) is 11.3 Å². The van der Waals surface area contributed by atoms with Crippen molar-refractivity contribution in [3.8, 4) is 5.75 Å². The molecule has 0 amide bonds. The van der Waals surface area contributed by atoms with Crippen molar-refractivity contribution in [3.05, 3.63) is 23.8 Å². The van der Waals surface area contributed by atoms with Crippen LogP contribution in [-0.2, 0) is 10.0 Å². The van der Waals surface area contributed by atoms with Crippen LogP contribution in [0.2, 0.25) is 0 Å². The molecule has 0 atom stereocenters. The van der Waals surface area contributed by atoms with Crippen LogP contribution < -0.4 is 9.46 Å². The molecule has 0 aliphatic heterocycles. The first-order valence-electron chi connectivity index (χ1n) is 6.68. The number of anilines is 1. The Morgan fingerprint density at radius 2 is 2.00 bits per heavy atom. The van der Waals surface area contributed by atoms with Crippen LogP contribution in [-0.4, -0.2) is 26.2 Å². The molecule has 1 aromatic rings. The van der Waals surface area contributed by atoms with Crippen molar-refractivity contribution in [2.45, 2.75) is 39.7 Å². The second-order valence-electron chi connectivity index (χ2n) is 4.96. The summed E-state index contributed by atoms with van der Waals surface area (Å²) in [6.45, 7) is 5.75. The van der Waals surface area contributed by atoms with Gasteiger partial charge in [0.25, 0.3) is 0 Å². The van der Waals surface area contributed by atoms with Gasteiger partial charge in [-0.2, -0.15) is 0 Å². The molecule has 1 rings (SSSR count). The molecule has 0 saturated heterocycles. The van der Waals surface area contributed by atoms with Crippen LogP contribution in [0.25, 0.3) is 0 Å². The number of aryl methyl sites for hydroxylation is 1. The highest BCUT2D eigenvalue weighted by Gasteiger charge is 2.12. The van der Waals surface area contributed by atoms with Crippen LogP contribution in [0.4, 0.5) is 5.69 Å². The summed E-state index contributed by atoms with van der Waals surface area (Å²) in [4.78, 5) is 0. The summed E-state index contributed by atoms with van der Waals surface area (Å²) < 4.78 is 32.0. The van der Waals surface area contributed by atoms with Crippen LogP contribution in [0, 0.1) is 6.92 Å². The number of nitrogens with one attached hydrogen (secondary N) is 1. The van der Waals surface area contributed by atoms with Gasteiger partial charge in [-0.15, -0.1) is 11.6 Å². The fraction of sp³-hybridized carbons (Fsp3) is 0.571. The second-order valence-corrected chi connectivity index (χ2v) is 7.18. The monoisotopic (exact) mass is 319 g/mol. The number of alkyl halides is 1. The van der Waals surface area contributed by atoms with E-state index in [4.69, 9.17) is 16.3 Å². The minimum absolute atomic E-state index is 0.0867. The van der Waals surface area contributed by atoms with E-state index < -0.39 is 10.0 Å². The fourth-order valence-electron chi connectivity index (χ4n) is 1.70. The Kier molecular flexibility index (Phi) is 6.62. The molecule has 0 saturated carbocycles. The van der Waals surface area contributed by atoms with Crippen molar-refractivity contribution in [2.24, 2.45) is 0 Å². The third-order valence-electron chi connectivity index (χ3n) is 2.63. The normalized spacial score (nSPS) is 11.7. The minimum Gasteiger partial charge on any atom is -0.491 e. The molecule has 0 fully saturated rings. The van der Waals surface area contributed by atoms with Crippen LogP contribution in [0.15, 0.2) is 18.2 Å². The standard InChI is InChI=1S/C14H22ClNO3S/c1-11(2)19-13-6-7-14(12(3)10-13)16-20(17,18)9-5-4-8-15/h6-7,10-11,16H,4-5,8-9H2,1-3H3. The Morgan fingerprint density at radius 3 is 2.55 bits per heavy atom. The predicted octanol–water partition coefficient (Wildman–Crippen LogP) is 3.54. The molecule has 6 heteroatoms. The summed E-state index contributed by atoms with van der Waals surface area (Å²) in [5, 5.41) is 0. The minimum atomic E-state index is -3.31. The number of benzene rings is 1. The van der Waals surface area contributed by atoms with Gasteiger partial charge in [0.05, 0.1) is 17.5 Å². The van der Waals surface area contributed by atoms with E-state index >= 15 is 0 Å². The zero-order chi connectivity index (χ0) is 15.2. The number of sulfonamides is 1. The zero-order valence-corrected chi connectivity index (χ0v) is 13.7. The first-order valence-corrected chi connectivity index (χ1v) is 8.86. The topological polar surface area (TPSA) is 55.4 Å². The van der Waals surface area contributed by atoms with E-state index in [2.05, 4.69) is 4.72 Å². The summed E-state index contributed by atoms with van der Waals surface area (Å²) in [5.74, 6) is 1.31. The highest BCUT2D eigenvalue weighted by atomic mass is 35.5. The van der Waals surface area contributed by atoms with Gasteiger partial charge in [-0.1, -0.05) is 0 Å². The smallest absolute Gasteiger partial charge is 0.232 e. The molecule has 0 bridgehead atoms. The van der Waals surface area contributed by atoms with Crippen molar-refractivity contribution in [2.75, 3.05) is 16.4 Å². The van der Waals surface area contributed by atoms with Gasteiger partial charge in [0.1, 0.15) is 5.75 Å². The summed E-state index contributed by atoms with van der Waals surface area (Å²) in [7, 11) is -3.31. The zero-order valence-electron chi connectivity index (χ0n) is 12.1. The van der Waals surface area contributed by atoms with Crippen molar-refractivity contribution >= 4 is 27.3 Å². The first kappa shape index (κ1) is 17.1. The predicted molar refractivity (Wildman–Crippen MR) is 84.3 cm³/mol. The Hall–Kier alpha value is -0.940. The summed E-state index contributed by atoms with van der Waals surface area (Å²) in [6.07, 6.45) is 1.35. The van der Waals surface area contributed by atoms with Gasteiger partial charge in [-0.05, 0) is 57.4 Å². The molecule has 0 unspecified atom stereocenters. The van der Waals surface area contributed by atoms with E-state index in [0.29, 0.717) is 24.4 Å². The molecule has 0 radical (unpaired) electrons. The highest BCUT2D eigenvalue weighted by molar-refractivity contribution is 7.92. The van der Waals surface area contributed by atoms with E-state index in [1.165, 1.54) is 0 Å². The lowest BCUT2D eigenvalue weighted by atomic mass is 10.2. The van der Waals surface area contributed by atoms with E-state index in [1.807, 2.05) is 26.8 Å². The van der Waals surface area contributed by atoms with E-state index in [-0.39, 0.29) is 11.9 Å². The van der Waals surface area contributed by atoms with Gasteiger partial charge >= 0.3 is 0 Å². The fourth-order valence-corrected chi connectivity index (χ4v) is 3.14. The Labute approximate surface area is 126 Å². The number of hydrogen-bond acceptors (Lipinski definition) is 3. The highest BCUT2D eigenvalue weighted by Crippen LogP contribution is 2.23. The number of ether oxygens (including phenoxy) is 1. The maximum atomic E-state index is 11.9. The third-order valence-corrected chi connectivity index (χ3v) is 4.26. The molecule has 0 aromatic heterocycles. The first-order chi connectivity index (χ1) is 9.34. The SMILES string of the molecule is Cc1cc(OC(C)C)ccc1NS(=O)(=O)CCCCCl. The molecular formula is C14H22ClNO3S. The van der Waals surface area contributed by atoms with Crippen molar-refractivity contribution in [3.63, 3.8) is 0 Å². The lowest BCUT2D eigenvalue weighted by molar-refractivity contribution is 0.242. The van der Waals surface area contributed by atoms with Crippen LogP contribution in [0.3, 0.4) is 0 Å². The molecule has 0 heterocycles. The van der Waals surface area contributed by atoms with Gasteiger partial charge < -0.3 is 4.74 Å². The lowest BCUT2D eigenvalue weighted by Gasteiger charge is -2.14. The summed E-state index contributed by atoms with van der Waals surface area (Å²) in [6, 6.07) is 5.33. The van der Waals surface area contributed by atoms with Crippen LogP contribution >= 0.6 is 11.6 Å². The molecule has 0 aliphatic carbocycles. The molecule has 4 nitrogen and oxygen atoms in total. The van der Waals surface area contributed by atoms with E-state index in [1.54, 1.807) is 12.1 Å². The Bertz CT molecular complexity index is 529. The Morgan fingerprint density at radius 1 is 1.30 bits per heavy atom. The summed E-state index contributed by atoms with van der Waals surface area (Å²) >= 11 is 5.55. The van der Waals surface area contributed by atoms with Crippen molar-refractivity contribution in [1.82, 2.24) is 0 Å².